The number of nitrogens with one attached hydrogen (secondary N) is 1. The number of ether oxygens (including phenoxy) is 3. The molecule has 0 saturated carbocycles. The van der Waals surface area contributed by atoms with E-state index in [1.165, 1.54) is 25.6 Å². The molecule has 1 saturated heterocycles. The van der Waals surface area contributed by atoms with Gasteiger partial charge in [0.2, 0.25) is 0 Å². The Morgan fingerprint density at radius 3 is 2.52 bits per heavy atom. The molecule has 3 rings (SSSR count). The molecule has 0 amide bonds. The Bertz CT molecular complexity index is 786. The third-order valence-electron chi connectivity index (χ3n) is 3.67. The highest BCUT2D eigenvalue weighted by atomic mass is 79.9. The molecule has 6 nitrogen and oxygen atoms in total. The Hall–Kier alpha value is -1.22. The number of cyclic esters (lactones) is 2. The van der Waals surface area contributed by atoms with Crippen molar-refractivity contribution in [2.45, 2.75) is 32.8 Å². The predicted molar refractivity (Wildman–Crippen MR) is 98.1 cm³/mol. The Morgan fingerprint density at radius 1 is 1.28 bits per heavy atom. The quantitative estimate of drug-likeness (QED) is 0.426. The summed E-state index contributed by atoms with van der Waals surface area (Å²) in [7, 11) is 0. The average molecular weight is 449 g/mol. The van der Waals surface area contributed by atoms with Crippen LogP contribution in [0.25, 0.3) is 0 Å². The molecule has 0 unspecified atom stereocenters. The minimum absolute atomic E-state index is 0.184. The highest BCUT2D eigenvalue weighted by Gasteiger charge is 2.41. The molecule has 2 aliphatic rings. The van der Waals surface area contributed by atoms with Crippen LogP contribution in [0.15, 0.2) is 21.1 Å². The Labute approximate surface area is 162 Å². The highest BCUT2D eigenvalue weighted by Crippen LogP contribution is 2.40. The second-order valence-corrected chi connectivity index (χ2v) is 7.88. The molecule has 1 aromatic rings. The largest absolute Gasteiger partial charge is 0.419 e. The van der Waals surface area contributed by atoms with Crippen LogP contribution in [0.1, 0.15) is 25.0 Å². The van der Waals surface area contributed by atoms with Gasteiger partial charge in [-0.1, -0.05) is 11.6 Å². The molecule has 1 fully saturated rings. The molecule has 2 heterocycles. The molecular weight excluding hydrogens is 434 g/mol. The van der Waals surface area contributed by atoms with Crippen molar-refractivity contribution in [3.63, 3.8) is 0 Å². The maximum atomic E-state index is 12.3. The zero-order valence-electron chi connectivity index (χ0n) is 13.7. The Morgan fingerprint density at radius 2 is 1.92 bits per heavy atom. The lowest BCUT2D eigenvalue weighted by Crippen LogP contribution is -2.42. The van der Waals surface area contributed by atoms with Crippen LogP contribution in [0.3, 0.4) is 0 Å². The lowest BCUT2D eigenvalue weighted by molar-refractivity contribution is -0.222. The fraction of sp³-hybridized carbons (Fsp3) is 0.375. The second-order valence-electron chi connectivity index (χ2n) is 5.89. The fourth-order valence-corrected chi connectivity index (χ4v) is 3.91. The number of anilines is 1. The van der Waals surface area contributed by atoms with Crippen molar-refractivity contribution in [3.05, 3.63) is 37.3 Å². The van der Waals surface area contributed by atoms with Crippen molar-refractivity contribution in [2.24, 2.45) is 0 Å². The molecular formula is C16H15BrClNO5S. The first kappa shape index (κ1) is 18.6. The lowest BCUT2D eigenvalue weighted by atomic mass is 10.1. The molecule has 0 atom stereocenters. The number of hydrogen-bond donors (Lipinski definition) is 1. The van der Waals surface area contributed by atoms with Crippen LogP contribution in [0.2, 0.25) is 5.02 Å². The molecule has 0 aromatic heterocycles. The first-order chi connectivity index (χ1) is 11.7. The van der Waals surface area contributed by atoms with E-state index in [0.717, 1.165) is 15.6 Å². The molecule has 2 aliphatic heterocycles. The van der Waals surface area contributed by atoms with E-state index in [2.05, 4.69) is 21.2 Å². The zero-order chi connectivity index (χ0) is 18.4. The van der Waals surface area contributed by atoms with Crippen LogP contribution < -0.4 is 5.32 Å². The van der Waals surface area contributed by atoms with Crippen molar-refractivity contribution < 1.29 is 23.8 Å². The summed E-state index contributed by atoms with van der Waals surface area (Å²) in [4.78, 5) is 24.5. The molecule has 0 bridgehead atoms. The molecule has 0 spiro atoms. The van der Waals surface area contributed by atoms with Gasteiger partial charge in [0.1, 0.15) is 0 Å². The predicted octanol–water partition coefficient (Wildman–Crippen LogP) is 3.96. The topological polar surface area (TPSA) is 73.9 Å². The van der Waals surface area contributed by atoms with E-state index in [1.807, 2.05) is 6.07 Å². The van der Waals surface area contributed by atoms with Gasteiger partial charge in [-0.2, -0.15) is 0 Å². The van der Waals surface area contributed by atoms with Crippen LogP contribution in [-0.4, -0.2) is 24.0 Å². The number of carbonyl (C=O) groups is 2. The van der Waals surface area contributed by atoms with E-state index >= 15 is 0 Å². The van der Waals surface area contributed by atoms with Gasteiger partial charge in [0.05, 0.1) is 29.0 Å². The normalized spacial score (nSPS) is 18.5. The summed E-state index contributed by atoms with van der Waals surface area (Å²) < 4.78 is 16.5. The first-order valence-electron chi connectivity index (χ1n) is 7.33. The molecule has 1 N–H and O–H groups in total. The van der Waals surface area contributed by atoms with E-state index in [4.69, 9.17) is 25.8 Å². The number of esters is 2. The number of rotatable bonds is 3. The average Bonchev–Trinajstić information content (AvgIpc) is 2.97. The van der Waals surface area contributed by atoms with Crippen LogP contribution in [0.5, 0.6) is 0 Å². The Kier molecular flexibility index (Phi) is 5.07. The summed E-state index contributed by atoms with van der Waals surface area (Å²) in [6.07, 6.45) is 1.73. The van der Waals surface area contributed by atoms with Gasteiger partial charge in [0.15, 0.2) is 5.57 Å². The summed E-state index contributed by atoms with van der Waals surface area (Å²) in [5.41, 5.74) is 2.35. The third kappa shape index (κ3) is 3.53. The van der Waals surface area contributed by atoms with Gasteiger partial charge in [0, 0.05) is 18.3 Å². The SMILES string of the molecule is CSC(Nc1cc2c(c(Br)c1Cl)COC2)=C1C(=O)OC(C)(C)OC1=O. The van der Waals surface area contributed by atoms with Gasteiger partial charge < -0.3 is 19.5 Å². The van der Waals surface area contributed by atoms with Crippen LogP contribution >= 0.6 is 39.3 Å². The molecule has 1 aromatic carbocycles. The van der Waals surface area contributed by atoms with Crippen molar-refractivity contribution in [1.29, 1.82) is 0 Å². The van der Waals surface area contributed by atoms with E-state index in [0.29, 0.717) is 29.0 Å². The number of fused-ring (bicyclic) bond motifs is 1. The molecule has 134 valence electrons. The summed E-state index contributed by atoms with van der Waals surface area (Å²) in [6.45, 7) is 3.96. The van der Waals surface area contributed by atoms with Crippen molar-refractivity contribution in [3.8, 4) is 0 Å². The number of carbonyl (C=O) groups excluding carboxylic acids is 2. The summed E-state index contributed by atoms with van der Waals surface area (Å²) in [5, 5.41) is 3.79. The molecule has 0 radical (unpaired) electrons. The summed E-state index contributed by atoms with van der Waals surface area (Å²) >= 11 is 11.1. The number of halogens is 2. The van der Waals surface area contributed by atoms with Gasteiger partial charge in [-0.25, -0.2) is 9.59 Å². The first-order valence-corrected chi connectivity index (χ1v) is 9.72. The van der Waals surface area contributed by atoms with Gasteiger partial charge in [-0.3, -0.25) is 0 Å². The smallest absolute Gasteiger partial charge is 0.351 e. The number of thioether (sulfide) groups is 1. The zero-order valence-corrected chi connectivity index (χ0v) is 16.9. The lowest BCUT2D eigenvalue weighted by Gasteiger charge is -2.30. The van der Waals surface area contributed by atoms with E-state index in [1.54, 1.807) is 6.26 Å². The highest BCUT2D eigenvalue weighted by molar-refractivity contribution is 9.10. The maximum absolute atomic E-state index is 12.3. The van der Waals surface area contributed by atoms with Crippen molar-refractivity contribution in [2.75, 3.05) is 11.6 Å². The maximum Gasteiger partial charge on any atom is 0.351 e. The van der Waals surface area contributed by atoms with Crippen molar-refractivity contribution in [1.82, 2.24) is 0 Å². The molecule has 9 heteroatoms. The monoisotopic (exact) mass is 447 g/mol. The van der Waals surface area contributed by atoms with Gasteiger partial charge in [-0.05, 0) is 39.4 Å². The van der Waals surface area contributed by atoms with Crippen LogP contribution in [-0.2, 0) is 37.0 Å². The van der Waals surface area contributed by atoms with Gasteiger partial charge in [0.25, 0.3) is 5.79 Å². The number of benzene rings is 1. The van der Waals surface area contributed by atoms with E-state index in [-0.39, 0.29) is 5.57 Å². The standard InChI is InChI=1S/C16H15BrClNO5S/c1-16(2)23-14(20)10(15(21)24-16)13(25-3)19-9-4-7-5-22-6-8(7)11(17)12(9)18/h4,19H,5-6H2,1-3H3. The summed E-state index contributed by atoms with van der Waals surface area (Å²) in [6, 6.07) is 1.84. The van der Waals surface area contributed by atoms with E-state index < -0.39 is 17.7 Å². The fourth-order valence-electron chi connectivity index (χ4n) is 2.53. The summed E-state index contributed by atoms with van der Waals surface area (Å²) in [5.74, 6) is -2.76. The molecule has 25 heavy (non-hydrogen) atoms. The van der Waals surface area contributed by atoms with Crippen molar-refractivity contribution >= 4 is 56.9 Å². The minimum atomic E-state index is -1.28. The Balaban J connectivity index is 2.00. The van der Waals surface area contributed by atoms with Crippen LogP contribution in [0.4, 0.5) is 5.69 Å². The van der Waals surface area contributed by atoms with Gasteiger partial charge in [-0.15, -0.1) is 11.8 Å². The van der Waals surface area contributed by atoms with Crippen LogP contribution in [0, 0.1) is 0 Å². The third-order valence-corrected chi connectivity index (χ3v) is 5.88. The molecule has 0 aliphatic carbocycles. The second kappa shape index (κ2) is 6.83. The minimum Gasteiger partial charge on any atom is -0.419 e. The number of hydrogen-bond acceptors (Lipinski definition) is 7. The van der Waals surface area contributed by atoms with E-state index in [9.17, 15) is 9.59 Å². The van der Waals surface area contributed by atoms with Gasteiger partial charge >= 0.3 is 11.9 Å².